The largest absolute Gasteiger partial charge is 0.467 e. The van der Waals surface area contributed by atoms with Gasteiger partial charge in [0.25, 0.3) is 0 Å². The number of nitrogens with zero attached hydrogens (tertiary/aromatic N) is 3. The molecular weight excluding hydrogens is 388 g/mol. The van der Waals surface area contributed by atoms with E-state index in [4.69, 9.17) is 26.0 Å². The smallest absolute Gasteiger partial charge is 0.222 e. The number of carbonyl (C=O) groups is 1. The standard InChI is InChI=1S/C22H25ClN4O2/c1-14(2)27(10-9-20(28)24-13-17-4-3-11-29-17)22-18-8-7-16(23)12-19(18)25-21(26-22)15-5-6-15/h3-4,7-8,11-12,14-15H,5-6,9-10,13H2,1-2H3,(H,24,28). The molecule has 7 heteroatoms. The summed E-state index contributed by atoms with van der Waals surface area (Å²) in [6.45, 7) is 5.19. The molecule has 1 aliphatic rings. The van der Waals surface area contributed by atoms with Crippen LogP contribution in [0.5, 0.6) is 0 Å². The van der Waals surface area contributed by atoms with E-state index in [-0.39, 0.29) is 11.9 Å². The highest BCUT2D eigenvalue weighted by Gasteiger charge is 2.29. The zero-order valence-corrected chi connectivity index (χ0v) is 17.4. The van der Waals surface area contributed by atoms with Crippen LogP contribution in [0.3, 0.4) is 0 Å². The first-order chi connectivity index (χ1) is 14.0. The SMILES string of the molecule is CC(C)N(CCC(=O)NCc1ccco1)c1nc(C2CC2)nc2cc(Cl)ccc12. The molecule has 6 nitrogen and oxygen atoms in total. The molecule has 1 saturated carbocycles. The van der Waals surface area contributed by atoms with Gasteiger partial charge < -0.3 is 14.6 Å². The summed E-state index contributed by atoms with van der Waals surface area (Å²) in [5, 5.41) is 4.53. The number of amides is 1. The van der Waals surface area contributed by atoms with Crippen molar-refractivity contribution in [2.75, 3.05) is 11.4 Å². The van der Waals surface area contributed by atoms with Crippen LogP contribution >= 0.6 is 11.6 Å². The maximum atomic E-state index is 12.4. The van der Waals surface area contributed by atoms with Gasteiger partial charge in [-0.15, -0.1) is 0 Å². The summed E-state index contributed by atoms with van der Waals surface area (Å²) in [4.78, 5) is 24.2. The van der Waals surface area contributed by atoms with Gasteiger partial charge in [0.2, 0.25) is 5.91 Å². The van der Waals surface area contributed by atoms with E-state index in [0.717, 1.165) is 41.1 Å². The number of halogens is 1. The molecule has 0 saturated heterocycles. The van der Waals surface area contributed by atoms with Crippen LogP contribution in [0.15, 0.2) is 41.0 Å². The molecule has 1 N–H and O–H groups in total. The Balaban J connectivity index is 1.54. The molecular formula is C22H25ClN4O2. The number of benzene rings is 1. The normalized spacial score (nSPS) is 13.8. The molecule has 2 heterocycles. The Labute approximate surface area is 175 Å². The summed E-state index contributed by atoms with van der Waals surface area (Å²) in [5.74, 6) is 2.91. The molecule has 0 spiro atoms. The van der Waals surface area contributed by atoms with Crippen molar-refractivity contribution in [2.45, 2.75) is 51.6 Å². The summed E-state index contributed by atoms with van der Waals surface area (Å²) in [5.41, 5.74) is 0.859. The second-order valence-electron chi connectivity index (χ2n) is 7.73. The van der Waals surface area contributed by atoms with Gasteiger partial charge in [0.15, 0.2) is 0 Å². The van der Waals surface area contributed by atoms with Crippen LogP contribution in [-0.2, 0) is 11.3 Å². The van der Waals surface area contributed by atoms with E-state index in [2.05, 4.69) is 24.1 Å². The van der Waals surface area contributed by atoms with Gasteiger partial charge in [0.05, 0.1) is 18.3 Å². The number of fused-ring (bicyclic) bond motifs is 1. The number of nitrogens with one attached hydrogen (secondary N) is 1. The zero-order chi connectivity index (χ0) is 20.4. The van der Waals surface area contributed by atoms with Crippen LogP contribution in [0.25, 0.3) is 10.9 Å². The molecule has 1 fully saturated rings. The van der Waals surface area contributed by atoms with E-state index in [1.807, 2.05) is 30.3 Å². The Morgan fingerprint density at radius 2 is 2.14 bits per heavy atom. The van der Waals surface area contributed by atoms with Crippen LogP contribution in [-0.4, -0.2) is 28.5 Å². The van der Waals surface area contributed by atoms with Gasteiger partial charge in [0, 0.05) is 35.3 Å². The monoisotopic (exact) mass is 412 g/mol. The van der Waals surface area contributed by atoms with Crippen molar-refractivity contribution in [3.05, 3.63) is 53.2 Å². The van der Waals surface area contributed by atoms with Gasteiger partial charge in [-0.1, -0.05) is 11.6 Å². The molecule has 2 aromatic heterocycles. The Kier molecular flexibility index (Phi) is 5.72. The molecule has 1 amide bonds. The summed E-state index contributed by atoms with van der Waals surface area (Å²) in [6.07, 6.45) is 4.23. The predicted molar refractivity (Wildman–Crippen MR) is 114 cm³/mol. The molecule has 0 unspecified atom stereocenters. The van der Waals surface area contributed by atoms with Gasteiger partial charge in [-0.05, 0) is 57.0 Å². The number of hydrogen-bond donors (Lipinski definition) is 1. The Morgan fingerprint density at radius 3 is 2.83 bits per heavy atom. The van der Waals surface area contributed by atoms with Crippen molar-refractivity contribution in [2.24, 2.45) is 0 Å². The summed E-state index contributed by atoms with van der Waals surface area (Å²) in [7, 11) is 0. The molecule has 4 rings (SSSR count). The van der Waals surface area contributed by atoms with E-state index in [1.165, 1.54) is 0 Å². The highest BCUT2D eigenvalue weighted by Crippen LogP contribution is 2.40. The van der Waals surface area contributed by atoms with E-state index < -0.39 is 0 Å². The van der Waals surface area contributed by atoms with Gasteiger partial charge in [-0.3, -0.25) is 4.79 Å². The molecule has 0 bridgehead atoms. The highest BCUT2D eigenvalue weighted by molar-refractivity contribution is 6.31. The molecule has 152 valence electrons. The first kappa shape index (κ1) is 19.7. The van der Waals surface area contributed by atoms with Crippen LogP contribution in [0.2, 0.25) is 5.02 Å². The van der Waals surface area contributed by atoms with E-state index in [1.54, 1.807) is 6.26 Å². The highest BCUT2D eigenvalue weighted by atomic mass is 35.5. The third-order valence-corrected chi connectivity index (χ3v) is 5.35. The number of furan rings is 1. The molecule has 0 aliphatic heterocycles. The lowest BCUT2D eigenvalue weighted by Crippen LogP contribution is -2.36. The number of anilines is 1. The third kappa shape index (κ3) is 4.70. The minimum Gasteiger partial charge on any atom is -0.467 e. The lowest BCUT2D eigenvalue weighted by atomic mass is 10.1. The topological polar surface area (TPSA) is 71.3 Å². The first-order valence-electron chi connectivity index (χ1n) is 10.0. The molecule has 0 atom stereocenters. The second kappa shape index (κ2) is 8.41. The molecule has 1 aliphatic carbocycles. The predicted octanol–water partition coefficient (Wildman–Crippen LogP) is 4.67. The van der Waals surface area contributed by atoms with Crippen molar-refractivity contribution in [3.63, 3.8) is 0 Å². The average Bonchev–Trinajstić information content (AvgIpc) is 3.41. The first-order valence-corrected chi connectivity index (χ1v) is 10.4. The van der Waals surface area contributed by atoms with Crippen LogP contribution < -0.4 is 10.2 Å². The van der Waals surface area contributed by atoms with Crippen molar-refractivity contribution >= 4 is 34.2 Å². The van der Waals surface area contributed by atoms with Crippen molar-refractivity contribution < 1.29 is 9.21 Å². The lowest BCUT2D eigenvalue weighted by molar-refractivity contribution is -0.121. The average molecular weight is 413 g/mol. The third-order valence-electron chi connectivity index (χ3n) is 5.11. The summed E-state index contributed by atoms with van der Waals surface area (Å²) < 4.78 is 5.26. The lowest BCUT2D eigenvalue weighted by Gasteiger charge is -2.29. The fraction of sp³-hybridized carbons (Fsp3) is 0.409. The van der Waals surface area contributed by atoms with Crippen LogP contribution in [0.4, 0.5) is 5.82 Å². The number of carbonyl (C=O) groups excluding carboxylic acids is 1. The molecule has 1 aromatic carbocycles. The molecule has 3 aromatic rings. The summed E-state index contributed by atoms with van der Waals surface area (Å²) >= 11 is 6.21. The van der Waals surface area contributed by atoms with Crippen molar-refractivity contribution in [1.29, 1.82) is 0 Å². The maximum Gasteiger partial charge on any atom is 0.222 e. The quantitative estimate of drug-likeness (QED) is 0.581. The Bertz CT molecular complexity index is 999. The number of aromatic nitrogens is 2. The minimum atomic E-state index is -0.0177. The number of rotatable bonds is 8. The maximum absolute atomic E-state index is 12.4. The van der Waals surface area contributed by atoms with Crippen LogP contribution in [0.1, 0.15) is 50.6 Å². The van der Waals surface area contributed by atoms with Crippen molar-refractivity contribution in [1.82, 2.24) is 15.3 Å². The molecule has 29 heavy (non-hydrogen) atoms. The minimum absolute atomic E-state index is 0.0177. The van der Waals surface area contributed by atoms with E-state index in [9.17, 15) is 4.79 Å². The summed E-state index contributed by atoms with van der Waals surface area (Å²) in [6, 6.07) is 9.57. The fourth-order valence-electron chi connectivity index (χ4n) is 3.36. The van der Waals surface area contributed by atoms with Gasteiger partial charge in [0.1, 0.15) is 17.4 Å². The van der Waals surface area contributed by atoms with Crippen molar-refractivity contribution in [3.8, 4) is 0 Å². The Morgan fingerprint density at radius 1 is 1.31 bits per heavy atom. The van der Waals surface area contributed by atoms with Gasteiger partial charge in [-0.2, -0.15) is 0 Å². The fourth-order valence-corrected chi connectivity index (χ4v) is 3.53. The van der Waals surface area contributed by atoms with Gasteiger partial charge >= 0.3 is 0 Å². The van der Waals surface area contributed by atoms with E-state index in [0.29, 0.717) is 30.5 Å². The number of hydrogen-bond acceptors (Lipinski definition) is 5. The Hall–Kier alpha value is -2.60. The second-order valence-corrected chi connectivity index (χ2v) is 8.17. The van der Waals surface area contributed by atoms with Gasteiger partial charge in [-0.25, -0.2) is 9.97 Å². The van der Waals surface area contributed by atoms with E-state index >= 15 is 0 Å². The zero-order valence-electron chi connectivity index (χ0n) is 16.7. The van der Waals surface area contributed by atoms with Crippen LogP contribution in [0, 0.1) is 0 Å². The molecule has 0 radical (unpaired) electrons.